The lowest BCUT2D eigenvalue weighted by Gasteiger charge is -2.03. The zero-order chi connectivity index (χ0) is 11.5. The van der Waals surface area contributed by atoms with Crippen molar-refractivity contribution in [3.8, 4) is 0 Å². The summed E-state index contributed by atoms with van der Waals surface area (Å²) in [6.07, 6.45) is 2.31. The summed E-state index contributed by atoms with van der Waals surface area (Å²) < 4.78 is 0. The molecular weight excluding hydrogens is 208 g/mol. The summed E-state index contributed by atoms with van der Waals surface area (Å²) in [5.74, 6) is -0.849. The molecule has 0 aliphatic heterocycles. The number of carboxylic acids is 1. The molecule has 16 heavy (non-hydrogen) atoms. The van der Waals surface area contributed by atoms with Gasteiger partial charge in [0.2, 0.25) is 0 Å². The number of carbonyl (C=O) groups excluding carboxylic acids is 1. The third-order valence-corrected chi connectivity index (χ3v) is 2.45. The fraction of sp³-hybridized carbons (Fsp3) is 0.364. The molecule has 1 aromatic rings. The number of aromatic carboxylic acids is 1. The van der Waals surface area contributed by atoms with Crippen LogP contribution in [0.15, 0.2) is 18.2 Å². The van der Waals surface area contributed by atoms with E-state index in [1.165, 1.54) is 18.2 Å². The van der Waals surface area contributed by atoms with Gasteiger partial charge in [-0.1, -0.05) is 6.07 Å². The lowest BCUT2D eigenvalue weighted by atomic mass is 10.3. The van der Waals surface area contributed by atoms with Gasteiger partial charge in [0.1, 0.15) is 11.4 Å². The minimum Gasteiger partial charge on any atom is -0.477 e. The second-order valence-corrected chi connectivity index (χ2v) is 3.87. The Labute approximate surface area is 92.5 Å². The highest BCUT2D eigenvalue weighted by molar-refractivity contribution is 5.94. The van der Waals surface area contributed by atoms with E-state index < -0.39 is 5.97 Å². The molecule has 0 unspecified atom stereocenters. The molecule has 0 radical (unpaired) electrons. The summed E-state index contributed by atoms with van der Waals surface area (Å²) >= 11 is 0. The number of pyridine rings is 1. The number of aromatic nitrogens is 1. The second-order valence-electron chi connectivity index (χ2n) is 3.87. The van der Waals surface area contributed by atoms with E-state index in [4.69, 9.17) is 5.11 Å². The molecule has 0 aromatic carbocycles. The molecule has 1 heterocycles. The average Bonchev–Trinajstić information content (AvgIpc) is 3.10. The molecule has 2 N–H and O–H groups in total. The smallest absolute Gasteiger partial charge is 0.354 e. The van der Waals surface area contributed by atoms with E-state index in [0.29, 0.717) is 12.5 Å². The number of nitrogens with one attached hydrogen (secondary N) is 1. The van der Waals surface area contributed by atoms with Gasteiger partial charge in [-0.2, -0.15) is 0 Å². The van der Waals surface area contributed by atoms with Crippen LogP contribution in [0.25, 0.3) is 0 Å². The quantitative estimate of drug-likeness (QED) is 0.790. The van der Waals surface area contributed by atoms with Crippen LogP contribution in [0.4, 0.5) is 0 Å². The molecule has 84 valence electrons. The van der Waals surface area contributed by atoms with Crippen molar-refractivity contribution in [3.63, 3.8) is 0 Å². The number of rotatable bonds is 4. The van der Waals surface area contributed by atoms with Crippen LogP contribution < -0.4 is 5.32 Å². The molecule has 2 rings (SSSR count). The van der Waals surface area contributed by atoms with Gasteiger partial charge in [0.05, 0.1) is 0 Å². The van der Waals surface area contributed by atoms with Gasteiger partial charge in [-0.15, -0.1) is 0 Å². The second kappa shape index (κ2) is 4.30. The Hall–Kier alpha value is -1.91. The Kier molecular flexibility index (Phi) is 2.85. The van der Waals surface area contributed by atoms with E-state index >= 15 is 0 Å². The maximum atomic E-state index is 11.6. The summed E-state index contributed by atoms with van der Waals surface area (Å²) in [6.45, 7) is 0.651. The molecule has 5 heteroatoms. The van der Waals surface area contributed by atoms with E-state index in [1.54, 1.807) is 0 Å². The summed E-state index contributed by atoms with van der Waals surface area (Å²) in [5, 5.41) is 11.5. The van der Waals surface area contributed by atoms with Crippen LogP contribution >= 0.6 is 0 Å². The van der Waals surface area contributed by atoms with E-state index in [9.17, 15) is 9.59 Å². The summed E-state index contributed by atoms with van der Waals surface area (Å²) in [7, 11) is 0. The predicted octanol–water partition coefficient (Wildman–Crippen LogP) is 0.920. The van der Waals surface area contributed by atoms with Gasteiger partial charge in [0.15, 0.2) is 0 Å². The Morgan fingerprint density at radius 2 is 2.06 bits per heavy atom. The Balaban J connectivity index is 2.03. The van der Waals surface area contributed by atoms with Crippen LogP contribution in [0.1, 0.15) is 33.8 Å². The summed E-state index contributed by atoms with van der Waals surface area (Å²) in [6, 6.07) is 4.39. The van der Waals surface area contributed by atoms with E-state index in [2.05, 4.69) is 10.3 Å². The molecular formula is C11H12N2O3. The maximum absolute atomic E-state index is 11.6. The first kappa shape index (κ1) is 10.6. The zero-order valence-corrected chi connectivity index (χ0v) is 8.64. The fourth-order valence-corrected chi connectivity index (χ4v) is 1.33. The first-order chi connectivity index (χ1) is 7.66. The van der Waals surface area contributed by atoms with Crippen molar-refractivity contribution < 1.29 is 14.7 Å². The van der Waals surface area contributed by atoms with Gasteiger partial charge >= 0.3 is 5.97 Å². The lowest BCUT2D eigenvalue weighted by molar-refractivity contribution is 0.0690. The Bertz CT molecular complexity index is 427. The molecule has 1 aliphatic rings. The average molecular weight is 220 g/mol. The first-order valence-electron chi connectivity index (χ1n) is 5.15. The fourth-order valence-electron chi connectivity index (χ4n) is 1.33. The number of carboxylic acid groups (broad SMARTS) is 1. The van der Waals surface area contributed by atoms with E-state index in [1.807, 2.05) is 0 Å². The standard InChI is InChI=1S/C11H12N2O3/c14-10(12-6-7-4-5-7)8-2-1-3-9(13-8)11(15)16/h1-3,7H,4-6H2,(H,12,14)(H,15,16). The highest BCUT2D eigenvalue weighted by Crippen LogP contribution is 2.27. The van der Waals surface area contributed by atoms with Crippen molar-refractivity contribution in [1.82, 2.24) is 10.3 Å². The van der Waals surface area contributed by atoms with Crippen LogP contribution in [-0.4, -0.2) is 28.5 Å². The topological polar surface area (TPSA) is 79.3 Å². The molecule has 1 aromatic heterocycles. The van der Waals surface area contributed by atoms with Gasteiger partial charge in [-0.05, 0) is 30.9 Å². The largest absolute Gasteiger partial charge is 0.477 e. The van der Waals surface area contributed by atoms with Gasteiger partial charge < -0.3 is 10.4 Å². The number of hydrogen-bond donors (Lipinski definition) is 2. The third kappa shape index (κ3) is 2.56. The first-order valence-corrected chi connectivity index (χ1v) is 5.15. The highest BCUT2D eigenvalue weighted by Gasteiger charge is 2.22. The van der Waals surface area contributed by atoms with E-state index in [-0.39, 0.29) is 17.3 Å². The minimum absolute atomic E-state index is 0.112. The van der Waals surface area contributed by atoms with Crippen LogP contribution in [0.5, 0.6) is 0 Å². The Morgan fingerprint density at radius 3 is 2.69 bits per heavy atom. The van der Waals surface area contributed by atoms with Crippen molar-refractivity contribution >= 4 is 11.9 Å². The molecule has 1 fully saturated rings. The maximum Gasteiger partial charge on any atom is 0.354 e. The van der Waals surface area contributed by atoms with Crippen LogP contribution in [0, 0.1) is 5.92 Å². The number of hydrogen-bond acceptors (Lipinski definition) is 3. The molecule has 1 saturated carbocycles. The van der Waals surface area contributed by atoms with Crippen molar-refractivity contribution in [1.29, 1.82) is 0 Å². The van der Waals surface area contributed by atoms with Crippen LogP contribution in [-0.2, 0) is 0 Å². The van der Waals surface area contributed by atoms with Gasteiger partial charge in [0, 0.05) is 6.54 Å². The van der Waals surface area contributed by atoms with Gasteiger partial charge in [0.25, 0.3) is 5.91 Å². The molecule has 1 aliphatic carbocycles. The predicted molar refractivity (Wildman–Crippen MR) is 56.3 cm³/mol. The number of nitrogens with zero attached hydrogens (tertiary/aromatic N) is 1. The van der Waals surface area contributed by atoms with Gasteiger partial charge in [-0.25, -0.2) is 9.78 Å². The van der Waals surface area contributed by atoms with Crippen molar-refractivity contribution in [2.45, 2.75) is 12.8 Å². The lowest BCUT2D eigenvalue weighted by Crippen LogP contribution is -2.26. The summed E-state index contributed by atoms with van der Waals surface area (Å²) in [4.78, 5) is 26.0. The molecule has 1 amide bonds. The third-order valence-electron chi connectivity index (χ3n) is 2.45. The van der Waals surface area contributed by atoms with E-state index in [0.717, 1.165) is 12.8 Å². The van der Waals surface area contributed by atoms with Crippen molar-refractivity contribution in [2.24, 2.45) is 5.92 Å². The Morgan fingerprint density at radius 1 is 1.38 bits per heavy atom. The SMILES string of the molecule is O=C(O)c1cccc(C(=O)NCC2CC2)n1. The normalized spacial score (nSPS) is 14.5. The van der Waals surface area contributed by atoms with Gasteiger partial charge in [-0.3, -0.25) is 4.79 Å². The highest BCUT2D eigenvalue weighted by atomic mass is 16.4. The molecule has 5 nitrogen and oxygen atoms in total. The van der Waals surface area contributed by atoms with Crippen LogP contribution in [0.3, 0.4) is 0 Å². The molecule has 0 atom stereocenters. The van der Waals surface area contributed by atoms with Crippen molar-refractivity contribution in [2.75, 3.05) is 6.54 Å². The number of amides is 1. The van der Waals surface area contributed by atoms with Crippen LogP contribution in [0.2, 0.25) is 0 Å². The zero-order valence-electron chi connectivity index (χ0n) is 8.64. The molecule has 0 saturated heterocycles. The van der Waals surface area contributed by atoms with Crippen molar-refractivity contribution in [3.05, 3.63) is 29.6 Å². The monoisotopic (exact) mass is 220 g/mol. The molecule has 0 bridgehead atoms. The summed E-state index contributed by atoms with van der Waals surface area (Å²) in [5.41, 5.74) is 0.0413. The minimum atomic E-state index is -1.13. The molecule has 0 spiro atoms. The number of carbonyl (C=O) groups is 2.